The SMILES string of the molecule is CCOC(=O)c1c(CCO)cccc1O[C-]=O.O=[P+](O)O.[Na+]. The largest absolute Gasteiger partial charge is 1.00 e. The van der Waals surface area contributed by atoms with Gasteiger partial charge in [0.2, 0.25) is 0 Å². The number of rotatable bonds is 6. The third-order valence-electron chi connectivity index (χ3n) is 2.12. The molecule has 0 fully saturated rings. The maximum Gasteiger partial charge on any atom is 1.00 e. The topological polar surface area (TPSA) is 130 Å². The number of carbonyl (C=O) groups excluding carboxylic acids is 2. The Morgan fingerprint density at radius 3 is 2.41 bits per heavy atom. The van der Waals surface area contributed by atoms with Crippen LogP contribution in [0.15, 0.2) is 18.2 Å². The second-order valence-electron chi connectivity index (χ2n) is 3.42. The van der Waals surface area contributed by atoms with E-state index in [4.69, 9.17) is 24.2 Å². The smallest absolute Gasteiger partial charge is 0.609 e. The zero-order chi connectivity index (χ0) is 16.3. The van der Waals surface area contributed by atoms with Crippen LogP contribution in [0.4, 0.5) is 0 Å². The molecule has 0 radical (unpaired) electrons. The summed E-state index contributed by atoms with van der Waals surface area (Å²) in [4.78, 5) is 36.2. The first-order chi connectivity index (χ1) is 9.97. The second-order valence-corrected chi connectivity index (χ2v) is 3.93. The molecular formula is C12H15NaO8P+. The van der Waals surface area contributed by atoms with Crippen LogP contribution in [0.1, 0.15) is 22.8 Å². The molecule has 0 atom stereocenters. The molecule has 0 aliphatic carbocycles. The molecule has 8 nitrogen and oxygen atoms in total. The summed E-state index contributed by atoms with van der Waals surface area (Å²) in [5.74, 6) is -0.494. The Hall–Kier alpha value is -0.860. The zero-order valence-electron chi connectivity index (χ0n) is 12.2. The zero-order valence-corrected chi connectivity index (χ0v) is 15.1. The second kappa shape index (κ2) is 13.8. The van der Waals surface area contributed by atoms with Gasteiger partial charge in [-0.3, -0.25) is 0 Å². The van der Waals surface area contributed by atoms with Crippen molar-refractivity contribution in [2.45, 2.75) is 13.3 Å². The van der Waals surface area contributed by atoms with Crippen molar-refractivity contribution < 1.29 is 68.1 Å². The summed E-state index contributed by atoms with van der Waals surface area (Å²) in [6, 6.07) is 4.76. The van der Waals surface area contributed by atoms with Crippen LogP contribution in [0.3, 0.4) is 0 Å². The normalized spacial score (nSPS) is 8.73. The van der Waals surface area contributed by atoms with E-state index < -0.39 is 14.2 Å². The molecule has 0 aliphatic rings. The molecule has 3 N–H and O–H groups in total. The van der Waals surface area contributed by atoms with Gasteiger partial charge < -0.3 is 19.4 Å². The first-order valence-corrected chi connectivity index (χ1v) is 6.93. The third kappa shape index (κ3) is 9.22. The van der Waals surface area contributed by atoms with Crippen LogP contribution in [-0.4, -0.2) is 40.5 Å². The van der Waals surface area contributed by atoms with E-state index in [0.717, 1.165) is 0 Å². The van der Waals surface area contributed by atoms with Crippen molar-refractivity contribution in [3.63, 3.8) is 0 Å². The fourth-order valence-corrected chi connectivity index (χ4v) is 1.47. The van der Waals surface area contributed by atoms with Gasteiger partial charge in [-0.15, -0.1) is 15.9 Å². The van der Waals surface area contributed by atoms with E-state index in [1.807, 2.05) is 0 Å². The van der Waals surface area contributed by atoms with Gasteiger partial charge in [0, 0.05) is 16.7 Å². The van der Waals surface area contributed by atoms with Crippen LogP contribution in [0.5, 0.6) is 5.75 Å². The van der Waals surface area contributed by atoms with E-state index in [2.05, 4.69) is 4.74 Å². The molecular weight excluding hydrogens is 326 g/mol. The quantitative estimate of drug-likeness (QED) is 0.224. The van der Waals surface area contributed by atoms with Gasteiger partial charge in [0.1, 0.15) is 0 Å². The van der Waals surface area contributed by atoms with Crippen LogP contribution >= 0.6 is 8.25 Å². The van der Waals surface area contributed by atoms with Crippen LogP contribution in [0.2, 0.25) is 0 Å². The summed E-state index contributed by atoms with van der Waals surface area (Å²) < 4.78 is 18.2. The molecule has 0 unspecified atom stereocenters. The molecule has 116 valence electrons. The summed E-state index contributed by atoms with van der Waals surface area (Å²) in [5.41, 5.74) is 0.727. The van der Waals surface area contributed by atoms with Gasteiger partial charge in [-0.1, -0.05) is 12.1 Å². The fourth-order valence-electron chi connectivity index (χ4n) is 1.47. The van der Waals surface area contributed by atoms with E-state index in [-0.39, 0.29) is 60.5 Å². The number of esters is 1. The Morgan fingerprint density at radius 2 is 1.95 bits per heavy atom. The number of hydrogen-bond acceptors (Lipinski definition) is 6. The van der Waals surface area contributed by atoms with Gasteiger partial charge in [-0.25, -0.2) is 4.79 Å². The third-order valence-corrected chi connectivity index (χ3v) is 2.12. The fraction of sp³-hybridized carbons (Fsp3) is 0.333. The number of aliphatic hydroxyl groups excluding tert-OH is 1. The molecule has 0 bridgehead atoms. The van der Waals surface area contributed by atoms with Crippen molar-refractivity contribution in [2.24, 2.45) is 0 Å². The van der Waals surface area contributed by atoms with E-state index in [1.165, 1.54) is 12.5 Å². The first kappa shape index (κ1) is 23.4. The number of benzene rings is 1. The van der Waals surface area contributed by atoms with E-state index >= 15 is 0 Å². The summed E-state index contributed by atoms with van der Waals surface area (Å²) in [6.45, 7) is 3.06. The molecule has 0 saturated heterocycles. The summed E-state index contributed by atoms with van der Waals surface area (Å²) in [6.07, 6.45) is 0.282. The van der Waals surface area contributed by atoms with Gasteiger partial charge in [0.05, 0.1) is 6.61 Å². The average Bonchev–Trinajstić information content (AvgIpc) is 2.39. The molecule has 0 amide bonds. The Labute approximate surface area is 150 Å². The summed E-state index contributed by atoms with van der Waals surface area (Å²) >= 11 is 0. The number of ether oxygens (including phenoxy) is 2. The van der Waals surface area contributed by atoms with Gasteiger partial charge in [0.25, 0.3) is 0 Å². The maximum absolute atomic E-state index is 11.7. The van der Waals surface area contributed by atoms with Crippen molar-refractivity contribution in [1.82, 2.24) is 0 Å². The molecule has 10 heteroatoms. The molecule has 0 aliphatic heterocycles. The standard InChI is InChI=1S/C12H13O5.Na.HO3P/c1-2-16-12(15)11-9(6-7-13)4-3-5-10(11)17-8-14;;1-4(2)3/h3-5,13H,2,6-7H2,1H3;;(H-,1,2,3)/q-1;+1;/p+1. The number of hydrogen-bond donors (Lipinski definition) is 3. The monoisotopic (exact) mass is 341 g/mol. The van der Waals surface area contributed by atoms with E-state index in [0.29, 0.717) is 5.56 Å². The van der Waals surface area contributed by atoms with E-state index in [1.54, 1.807) is 19.1 Å². The van der Waals surface area contributed by atoms with Gasteiger partial charge >= 0.3 is 43.8 Å². The van der Waals surface area contributed by atoms with Crippen molar-refractivity contribution in [2.75, 3.05) is 13.2 Å². The van der Waals surface area contributed by atoms with Crippen molar-refractivity contribution in [1.29, 1.82) is 0 Å². The predicted molar refractivity (Wildman–Crippen MR) is 71.6 cm³/mol. The van der Waals surface area contributed by atoms with Crippen LogP contribution < -0.4 is 34.3 Å². The Bertz CT molecular complexity index is 490. The summed E-state index contributed by atoms with van der Waals surface area (Å²) in [7, 11) is -2.87. The Kier molecular flexibility index (Phi) is 14.7. The van der Waals surface area contributed by atoms with Crippen LogP contribution in [0.25, 0.3) is 0 Å². The Morgan fingerprint density at radius 1 is 1.36 bits per heavy atom. The van der Waals surface area contributed by atoms with Gasteiger partial charge in [-0.2, -0.15) is 0 Å². The van der Waals surface area contributed by atoms with Crippen molar-refractivity contribution in [3.05, 3.63) is 29.3 Å². The van der Waals surface area contributed by atoms with Crippen LogP contribution in [0, 0.1) is 0 Å². The Balaban J connectivity index is 0. The van der Waals surface area contributed by atoms with Gasteiger partial charge in [-0.05, 0) is 24.7 Å². The first-order valence-electron chi connectivity index (χ1n) is 5.76. The molecule has 22 heavy (non-hydrogen) atoms. The minimum Gasteiger partial charge on any atom is -0.609 e. The number of carbonyl (C=O) groups is 1. The number of aliphatic hydroxyl groups is 1. The van der Waals surface area contributed by atoms with Crippen molar-refractivity contribution in [3.8, 4) is 5.75 Å². The van der Waals surface area contributed by atoms with E-state index in [9.17, 15) is 9.59 Å². The molecule has 0 saturated carbocycles. The molecule has 1 rings (SSSR count). The predicted octanol–water partition coefficient (Wildman–Crippen LogP) is -2.52. The summed E-state index contributed by atoms with van der Waals surface area (Å²) in [5, 5.41) is 8.91. The minimum absolute atomic E-state index is 0. The molecule has 1 aromatic carbocycles. The van der Waals surface area contributed by atoms with Gasteiger partial charge in [0.15, 0.2) is 6.47 Å². The minimum atomic E-state index is -2.87. The van der Waals surface area contributed by atoms with Crippen LogP contribution in [-0.2, 0) is 20.5 Å². The molecule has 0 spiro atoms. The average molecular weight is 341 g/mol. The molecule has 0 aromatic heterocycles. The molecule has 0 heterocycles. The van der Waals surface area contributed by atoms with Crippen molar-refractivity contribution >= 4 is 20.7 Å². The molecule has 1 aromatic rings. The maximum atomic E-state index is 11.7.